The van der Waals surface area contributed by atoms with E-state index in [2.05, 4.69) is 11.0 Å². The predicted molar refractivity (Wildman–Crippen MR) is 102 cm³/mol. The average molecular weight is 351 g/mol. The first-order valence-electron chi connectivity index (χ1n) is 8.98. The molecule has 1 aromatic heterocycles. The maximum Gasteiger partial charge on any atom is 0.242 e. The number of carbonyl (C=O) groups is 1. The summed E-state index contributed by atoms with van der Waals surface area (Å²) in [6.45, 7) is 6.72. The number of likely N-dealkylation sites (N-methyl/N-ethyl adjacent to an activating group) is 1. The van der Waals surface area contributed by atoms with Gasteiger partial charge >= 0.3 is 0 Å². The number of amides is 1. The van der Waals surface area contributed by atoms with Gasteiger partial charge in [0.15, 0.2) is 0 Å². The molecular weight excluding hydrogens is 329 g/mol. The lowest BCUT2D eigenvalue weighted by Gasteiger charge is -2.35. The molecule has 1 aliphatic rings. The van der Waals surface area contributed by atoms with Crippen molar-refractivity contribution in [1.29, 1.82) is 0 Å². The predicted octanol–water partition coefficient (Wildman–Crippen LogP) is 3.75. The molecule has 134 valence electrons. The molecule has 0 unspecified atom stereocenters. The summed E-state index contributed by atoms with van der Waals surface area (Å²) in [5.74, 6) is -0.0460. The van der Waals surface area contributed by atoms with Crippen LogP contribution in [0.3, 0.4) is 0 Å². The number of hydrogen-bond acceptors (Lipinski definition) is 2. The third kappa shape index (κ3) is 2.73. The van der Waals surface area contributed by atoms with Crippen molar-refractivity contribution < 1.29 is 9.18 Å². The van der Waals surface area contributed by atoms with E-state index in [1.165, 1.54) is 6.07 Å². The minimum absolute atomic E-state index is 0.161. The first kappa shape index (κ1) is 16.6. The van der Waals surface area contributed by atoms with Crippen molar-refractivity contribution in [3.8, 4) is 5.69 Å². The van der Waals surface area contributed by atoms with Gasteiger partial charge in [0.1, 0.15) is 5.82 Å². The maximum absolute atomic E-state index is 14.1. The van der Waals surface area contributed by atoms with Crippen LogP contribution < -0.4 is 4.90 Å². The Morgan fingerprint density at radius 1 is 1.08 bits per heavy atom. The van der Waals surface area contributed by atoms with Gasteiger partial charge < -0.3 is 14.4 Å². The maximum atomic E-state index is 14.1. The van der Waals surface area contributed by atoms with Gasteiger partial charge in [0, 0.05) is 42.6 Å². The normalized spacial score (nSPS) is 15.1. The quantitative estimate of drug-likeness (QED) is 0.719. The molecule has 0 N–H and O–H groups in total. The van der Waals surface area contributed by atoms with E-state index in [9.17, 15) is 9.18 Å². The monoisotopic (exact) mass is 351 g/mol. The fourth-order valence-corrected chi connectivity index (χ4v) is 3.71. The molecule has 0 aliphatic carbocycles. The smallest absolute Gasteiger partial charge is 0.242 e. The number of carbonyl (C=O) groups excluding carboxylic acids is 1. The Bertz CT molecular complexity index is 979. The molecule has 1 aliphatic heterocycles. The lowest BCUT2D eigenvalue weighted by molar-refractivity contribution is -0.130. The highest BCUT2D eigenvalue weighted by Crippen LogP contribution is 2.28. The molecule has 5 heteroatoms. The van der Waals surface area contributed by atoms with Crippen molar-refractivity contribution in [3.05, 3.63) is 60.0 Å². The summed E-state index contributed by atoms with van der Waals surface area (Å²) in [4.78, 5) is 16.2. The van der Waals surface area contributed by atoms with Gasteiger partial charge in [-0.25, -0.2) is 4.39 Å². The number of piperazine rings is 1. The molecule has 0 atom stereocenters. The number of hydrogen-bond donors (Lipinski definition) is 0. The van der Waals surface area contributed by atoms with Crippen molar-refractivity contribution in [2.45, 2.75) is 13.8 Å². The Labute approximate surface area is 152 Å². The molecule has 1 saturated heterocycles. The van der Waals surface area contributed by atoms with Crippen molar-refractivity contribution >= 4 is 22.5 Å². The molecule has 1 fully saturated rings. The lowest BCUT2D eigenvalue weighted by Crippen LogP contribution is -2.50. The summed E-state index contributed by atoms with van der Waals surface area (Å²) in [5, 5.41) is 0.627. The van der Waals surface area contributed by atoms with Crippen LogP contribution in [-0.2, 0) is 4.79 Å². The molecule has 0 radical (unpaired) electrons. The molecule has 3 aromatic rings. The molecule has 1 amide bonds. The van der Waals surface area contributed by atoms with Crippen LogP contribution in [0.4, 0.5) is 10.1 Å². The summed E-state index contributed by atoms with van der Waals surface area (Å²) in [5.41, 5.74) is 3.90. The minimum atomic E-state index is -0.207. The number of fused-ring (bicyclic) bond motifs is 1. The Balaban J connectivity index is 1.71. The molecular formula is C21H22FN3O. The van der Waals surface area contributed by atoms with E-state index < -0.39 is 0 Å². The highest BCUT2D eigenvalue weighted by atomic mass is 19.1. The third-order valence-electron chi connectivity index (χ3n) is 5.17. The van der Waals surface area contributed by atoms with E-state index in [0.29, 0.717) is 11.9 Å². The van der Waals surface area contributed by atoms with Crippen LogP contribution in [0, 0.1) is 12.7 Å². The molecule has 4 rings (SSSR count). The fourth-order valence-electron chi connectivity index (χ4n) is 3.71. The van der Waals surface area contributed by atoms with Gasteiger partial charge in [0.2, 0.25) is 5.91 Å². The van der Waals surface area contributed by atoms with Gasteiger partial charge in [-0.2, -0.15) is 0 Å². The lowest BCUT2D eigenvalue weighted by atomic mass is 10.1. The van der Waals surface area contributed by atoms with E-state index in [1.807, 2.05) is 53.8 Å². The first-order chi connectivity index (χ1) is 12.6. The van der Waals surface area contributed by atoms with Gasteiger partial charge in [-0.05, 0) is 49.7 Å². The van der Waals surface area contributed by atoms with Gasteiger partial charge in [0.25, 0.3) is 0 Å². The highest BCUT2D eigenvalue weighted by molar-refractivity contribution is 5.86. The van der Waals surface area contributed by atoms with Gasteiger partial charge in [0.05, 0.1) is 12.1 Å². The standard InChI is InChI=1S/C21H22FN3O/c1-3-23-11-12-24(14-20(23)26)16-5-4-6-17(13-16)25-10-9-18-19(22)8-7-15(2)21(18)25/h4-10,13H,3,11-12,14H2,1-2H3. The Kier molecular flexibility index (Phi) is 4.15. The van der Waals surface area contributed by atoms with Crippen LogP contribution in [-0.4, -0.2) is 41.6 Å². The van der Waals surface area contributed by atoms with Crippen LogP contribution in [0.1, 0.15) is 12.5 Å². The molecule has 2 aromatic carbocycles. The van der Waals surface area contributed by atoms with Crippen molar-refractivity contribution in [2.75, 3.05) is 31.1 Å². The fraction of sp³-hybridized carbons (Fsp3) is 0.286. The average Bonchev–Trinajstić information content (AvgIpc) is 3.11. The van der Waals surface area contributed by atoms with E-state index in [1.54, 1.807) is 6.07 Å². The molecule has 0 bridgehead atoms. The largest absolute Gasteiger partial charge is 0.360 e. The molecule has 2 heterocycles. The number of aromatic nitrogens is 1. The number of aryl methyl sites for hydroxylation is 1. The van der Waals surface area contributed by atoms with E-state index in [0.717, 1.165) is 42.1 Å². The number of anilines is 1. The zero-order valence-corrected chi connectivity index (χ0v) is 15.1. The van der Waals surface area contributed by atoms with Crippen molar-refractivity contribution in [3.63, 3.8) is 0 Å². The van der Waals surface area contributed by atoms with Crippen molar-refractivity contribution in [1.82, 2.24) is 9.47 Å². The zero-order valence-electron chi connectivity index (χ0n) is 15.1. The van der Waals surface area contributed by atoms with Gasteiger partial charge in [-0.1, -0.05) is 12.1 Å². The van der Waals surface area contributed by atoms with Crippen molar-refractivity contribution in [2.24, 2.45) is 0 Å². The first-order valence-corrected chi connectivity index (χ1v) is 8.98. The second-order valence-corrected chi connectivity index (χ2v) is 6.73. The van der Waals surface area contributed by atoms with Gasteiger partial charge in [-0.3, -0.25) is 4.79 Å². The van der Waals surface area contributed by atoms with Crippen LogP contribution in [0.15, 0.2) is 48.7 Å². The van der Waals surface area contributed by atoms with E-state index in [4.69, 9.17) is 0 Å². The second-order valence-electron chi connectivity index (χ2n) is 6.73. The summed E-state index contributed by atoms with van der Waals surface area (Å²) in [6.07, 6.45) is 1.90. The summed E-state index contributed by atoms with van der Waals surface area (Å²) >= 11 is 0. The summed E-state index contributed by atoms with van der Waals surface area (Å²) in [7, 11) is 0. The van der Waals surface area contributed by atoms with E-state index >= 15 is 0 Å². The summed E-state index contributed by atoms with van der Waals surface area (Å²) < 4.78 is 16.1. The van der Waals surface area contributed by atoms with E-state index in [-0.39, 0.29) is 11.7 Å². The topological polar surface area (TPSA) is 28.5 Å². The molecule has 0 saturated carbocycles. The van der Waals surface area contributed by atoms with Crippen LogP contribution in [0.2, 0.25) is 0 Å². The second kappa shape index (κ2) is 6.48. The third-order valence-corrected chi connectivity index (χ3v) is 5.17. The molecule has 0 spiro atoms. The zero-order chi connectivity index (χ0) is 18.3. The molecule has 26 heavy (non-hydrogen) atoms. The Morgan fingerprint density at radius 2 is 1.88 bits per heavy atom. The molecule has 4 nitrogen and oxygen atoms in total. The SMILES string of the molecule is CCN1CCN(c2cccc(-n3ccc4c(F)ccc(C)c43)c2)CC1=O. The number of nitrogens with zero attached hydrogens (tertiary/aromatic N) is 3. The Hall–Kier alpha value is -2.82. The number of benzene rings is 2. The minimum Gasteiger partial charge on any atom is -0.360 e. The Morgan fingerprint density at radius 3 is 2.65 bits per heavy atom. The number of halogens is 1. The highest BCUT2D eigenvalue weighted by Gasteiger charge is 2.23. The van der Waals surface area contributed by atoms with Crippen LogP contribution >= 0.6 is 0 Å². The van der Waals surface area contributed by atoms with Gasteiger partial charge in [-0.15, -0.1) is 0 Å². The van der Waals surface area contributed by atoms with Crippen LogP contribution in [0.5, 0.6) is 0 Å². The van der Waals surface area contributed by atoms with Crippen LogP contribution in [0.25, 0.3) is 16.6 Å². The number of rotatable bonds is 3. The summed E-state index contributed by atoms with van der Waals surface area (Å²) in [6, 6.07) is 13.2.